The van der Waals surface area contributed by atoms with E-state index < -0.39 is 0 Å². The molecule has 1 aromatic carbocycles. The molecular weight excluding hydrogens is 415 g/mol. The Morgan fingerprint density at radius 3 is 2.83 bits per heavy atom. The Morgan fingerprint density at radius 1 is 1.33 bits per heavy atom. The molecule has 24 heavy (non-hydrogen) atoms. The van der Waals surface area contributed by atoms with Crippen LogP contribution in [-0.2, 0) is 6.42 Å². The lowest BCUT2D eigenvalue weighted by Gasteiger charge is -2.12. The van der Waals surface area contributed by atoms with Crippen LogP contribution in [0.5, 0.6) is 0 Å². The standard InChI is InChI=1S/C18H28N4O.HI/c1-4-19-18(22-10-14(3)12-23)20-8-7-15-11-21-17-9-13(2)5-6-16(15)17;/h5-6,9,11,14,21,23H,4,7-8,10,12H2,1-3H3,(H2,19,20,22);1H. The van der Waals surface area contributed by atoms with Gasteiger partial charge in [0.1, 0.15) is 0 Å². The van der Waals surface area contributed by atoms with Crippen molar-refractivity contribution in [1.29, 1.82) is 0 Å². The van der Waals surface area contributed by atoms with E-state index in [9.17, 15) is 0 Å². The minimum Gasteiger partial charge on any atom is -0.396 e. The van der Waals surface area contributed by atoms with Crippen molar-refractivity contribution in [2.45, 2.75) is 27.2 Å². The molecule has 0 amide bonds. The van der Waals surface area contributed by atoms with Gasteiger partial charge in [-0.25, -0.2) is 0 Å². The number of halogens is 1. The zero-order valence-corrected chi connectivity index (χ0v) is 17.1. The third-order valence-electron chi connectivity index (χ3n) is 3.83. The number of aliphatic hydroxyl groups is 1. The second kappa shape index (κ2) is 10.6. The molecule has 1 aromatic heterocycles. The molecule has 4 N–H and O–H groups in total. The van der Waals surface area contributed by atoms with Gasteiger partial charge in [0.05, 0.1) is 0 Å². The van der Waals surface area contributed by atoms with E-state index in [1.54, 1.807) is 0 Å². The van der Waals surface area contributed by atoms with Gasteiger partial charge in [0, 0.05) is 43.3 Å². The fourth-order valence-corrected chi connectivity index (χ4v) is 2.47. The van der Waals surface area contributed by atoms with Crippen molar-refractivity contribution in [3.63, 3.8) is 0 Å². The number of fused-ring (bicyclic) bond motifs is 1. The number of aromatic nitrogens is 1. The number of hydrogen-bond acceptors (Lipinski definition) is 2. The Morgan fingerprint density at radius 2 is 2.12 bits per heavy atom. The highest BCUT2D eigenvalue weighted by molar-refractivity contribution is 14.0. The van der Waals surface area contributed by atoms with Crippen LogP contribution in [0.1, 0.15) is 25.0 Å². The number of rotatable bonds is 7. The smallest absolute Gasteiger partial charge is 0.191 e. The highest BCUT2D eigenvalue weighted by atomic mass is 127. The first-order chi connectivity index (χ1) is 11.1. The van der Waals surface area contributed by atoms with E-state index >= 15 is 0 Å². The molecule has 0 bridgehead atoms. The predicted molar refractivity (Wildman–Crippen MR) is 112 cm³/mol. The predicted octanol–water partition coefficient (Wildman–Crippen LogP) is 2.82. The molecule has 0 aliphatic heterocycles. The normalized spacial score (nSPS) is 12.8. The summed E-state index contributed by atoms with van der Waals surface area (Å²) in [4.78, 5) is 7.84. The molecule has 0 radical (unpaired) electrons. The summed E-state index contributed by atoms with van der Waals surface area (Å²) >= 11 is 0. The zero-order valence-electron chi connectivity index (χ0n) is 14.7. The number of aryl methyl sites for hydroxylation is 1. The van der Waals surface area contributed by atoms with E-state index in [-0.39, 0.29) is 36.5 Å². The van der Waals surface area contributed by atoms with Crippen LogP contribution < -0.4 is 10.6 Å². The van der Waals surface area contributed by atoms with E-state index in [4.69, 9.17) is 5.11 Å². The van der Waals surface area contributed by atoms with Gasteiger partial charge in [-0.2, -0.15) is 0 Å². The molecule has 5 nitrogen and oxygen atoms in total. The van der Waals surface area contributed by atoms with Crippen molar-refractivity contribution in [2.75, 3.05) is 26.2 Å². The lowest BCUT2D eigenvalue weighted by molar-refractivity contribution is 0.241. The van der Waals surface area contributed by atoms with Crippen LogP contribution in [0, 0.1) is 12.8 Å². The molecule has 0 fully saturated rings. The second-order valence-corrected chi connectivity index (χ2v) is 6.05. The topological polar surface area (TPSA) is 72.4 Å². The molecule has 1 unspecified atom stereocenters. The molecule has 0 aliphatic carbocycles. The monoisotopic (exact) mass is 444 g/mol. The van der Waals surface area contributed by atoms with E-state index in [1.807, 2.05) is 6.92 Å². The van der Waals surface area contributed by atoms with Gasteiger partial charge in [-0.05, 0) is 43.4 Å². The Bertz CT molecular complexity index is 654. The minimum atomic E-state index is 0. The third kappa shape index (κ3) is 5.98. The van der Waals surface area contributed by atoms with Gasteiger partial charge >= 0.3 is 0 Å². The van der Waals surface area contributed by atoms with Crippen LogP contribution in [0.2, 0.25) is 0 Å². The highest BCUT2D eigenvalue weighted by Crippen LogP contribution is 2.19. The van der Waals surface area contributed by atoms with Crippen molar-refractivity contribution < 1.29 is 5.11 Å². The number of hydrogen-bond donors (Lipinski definition) is 4. The fourth-order valence-electron chi connectivity index (χ4n) is 2.47. The molecule has 0 saturated heterocycles. The minimum absolute atomic E-state index is 0. The molecule has 0 spiro atoms. The van der Waals surface area contributed by atoms with Crippen molar-refractivity contribution in [3.05, 3.63) is 35.5 Å². The maximum atomic E-state index is 9.09. The van der Waals surface area contributed by atoms with E-state index in [0.29, 0.717) is 6.54 Å². The van der Waals surface area contributed by atoms with Crippen LogP contribution in [-0.4, -0.2) is 42.3 Å². The zero-order chi connectivity index (χ0) is 16.7. The number of guanidine groups is 1. The third-order valence-corrected chi connectivity index (χ3v) is 3.83. The van der Waals surface area contributed by atoms with Crippen molar-refractivity contribution >= 4 is 40.8 Å². The van der Waals surface area contributed by atoms with Crippen LogP contribution >= 0.6 is 24.0 Å². The van der Waals surface area contributed by atoms with Crippen LogP contribution in [0.15, 0.2) is 29.4 Å². The number of aliphatic imine (C=N–C) groups is 1. The fraction of sp³-hybridized carbons (Fsp3) is 0.500. The second-order valence-electron chi connectivity index (χ2n) is 6.05. The van der Waals surface area contributed by atoms with Crippen LogP contribution in [0.25, 0.3) is 10.9 Å². The summed E-state index contributed by atoms with van der Waals surface area (Å²) in [5, 5.41) is 17.0. The average molecular weight is 444 g/mol. The van der Waals surface area contributed by atoms with Crippen molar-refractivity contribution in [1.82, 2.24) is 15.6 Å². The summed E-state index contributed by atoms with van der Waals surface area (Å²) in [7, 11) is 0. The van der Waals surface area contributed by atoms with Gasteiger partial charge in [-0.15, -0.1) is 24.0 Å². The summed E-state index contributed by atoms with van der Waals surface area (Å²) in [6.45, 7) is 8.57. The SMILES string of the molecule is CCNC(=NCC(C)CO)NCCc1c[nH]c2cc(C)ccc12.I. The van der Waals surface area contributed by atoms with Crippen LogP contribution in [0.4, 0.5) is 0 Å². The number of aliphatic hydroxyl groups excluding tert-OH is 1. The number of H-pyrrole nitrogens is 1. The average Bonchev–Trinajstić information content (AvgIpc) is 2.94. The molecule has 2 aromatic rings. The summed E-state index contributed by atoms with van der Waals surface area (Å²) < 4.78 is 0. The first-order valence-corrected chi connectivity index (χ1v) is 8.33. The van der Waals surface area contributed by atoms with E-state index in [0.717, 1.165) is 25.5 Å². The van der Waals surface area contributed by atoms with Crippen molar-refractivity contribution in [2.24, 2.45) is 10.9 Å². The van der Waals surface area contributed by atoms with E-state index in [1.165, 1.54) is 22.0 Å². The Hall–Kier alpha value is -1.28. The number of nitrogens with zero attached hydrogens (tertiary/aromatic N) is 1. The first-order valence-electron chi connectivity index (χ1n) is 8.33. The summed E-state index contributed by atoms with van der Waals surface area (Å²) in [5.74, 6) is 0.991. The molecule has 1 atom stereocenters. The van der Waals surface area contributed by atoms with Gasteiger partial charge in [-0.3, -0.25) is 4.99 Å². The van der Waals surface area contributed by atoms with Gasteiger partial charge < -0.3 is 20.7 Å². The van der Waals surface area contributed by atoms with Crippen molar-refractivity contribution in [3.8, 4) is 0 Å². The molecule has 0 aliphatic rings. The summed E-state index contributed by atoms with van der Waals surface area (Å²) in [5.41, 5.74) is 3.77. The lowest BCUT2D eigenvalue weighted by Crippen LogP contribution is -2.38. The number of benzene rings is 1. The highest BCUT2D eigenvalue weighted by Gasteiger charge is 2.05. The molecule has 6 heteroatoms. The summed E-state index contributed by atoms with van der Waals surface area (Å²) in [6.07, 6.45) is 3.02. The number of nitrogens with one attached hydrogen (secondary N) is 3. The Kier molecular flexibility index (Phi) is 9.13. The molecule has 2 rings (SSSR count). The largest absolute Gasteiger partial charge is 0.396 e. The molecule has 134 valence electrons. The van der Waals surface area contributed by atoms with Gasteiger partial charge in [0.2, 0.25) is 0 Å². The maximum Gasteiger partial charge on any atom is 0.191 e. The summed E-state index contributed by atoms with van der Waals surface area (Å²) in [6, 6.07) is 6.50. The molecule has 0 saturated carbocycles. The molecule has 1 heterocycles. The Labute approximate surface area is 161 Å². The Balaban J connectivity index is 0.00000288. The van der Waals surface area contributed by atoms with Gasteiger partial charge in [-0.1, -0.05) is 19.1 Å². The maximum absolute atomic E-state index is 9.09. The van der Waals surface area contributed by atoms with E-state index in [2.05, 4.69) is 58.9 Å². The molecular formula is C18H29IN4O. The first kappa shape index (κ1) is 20.8. The lowest BCUT2D eigenvalue weighted by atomic mass is 10.1. The quantitative estimate of drug-likeness (QED) is 0.302. The van der Waals surface area contributed by atoms with Gasteiger partial charge in [0.25, 0.3) is 0 Å². The number of aromatic amines is 1. The van der Waals surface area contributed by atoms with Gasteiger partial charge in [0.15, 0.2) is 5.96 Å². The van der Waals surface area contributed by atoms with Crippen LogP contribution in [0.3, 0.4) is 0 Å².